The number of halogens is 2. The molecule has 0 radical (unpaired) electrons. The molecule has 8 aliphatic rings. The second kappa shape index (κ2) is 25.3. The van der Waals surface area contributed by atoms with E-state index in [1.807, 2.05) is 19.9 Å². The summed E-state index contributed by atoms with van der Waals surface area (Å²) < 4.78 is 73.8. The molecule has 95 heavy (non-hydrogen) atoms. The van der Waals surface area contributed by atoms with Gasteiger partial charge in [0.25, 0.3) is 0 Å². The number of ketones is 2. The first-order chi connectivity index (χ1) is 45.2. The van der Waals surface area contributed by atoms with E-state index in [0.717, 1.165) is 30.5 Å². The number of amides is 2. The number of pyridine rings is 2. The van der Waals surface area contributed by atoms with Gasteiger partial charge in [-0.05, 0) is 108 Å². The molecule has 2 aromatic carbocycles. The Kier molecular flexibility index (Phi) is 17.6. The Morgan fingerprint density at radius 3 is 1.71 bits per heavy atom. The number of carboxylic acids is 1. The van der Waals surface area contributed by atoms with Gasteiger partial charge < -0.3 is 77.2 Å². The molecule has 4 aromatic rings. The van der Waals surface area contributed by atoms with Crippen LogP contribution in [0.5, 0.6) is 11.5 Å². The van der Waals surface area contributed by atoms with Gasteiger partial charge in [-0.25, -0.2) is 28.0 Å². The second-order valence-electron chi connectivity index (χ2n) is 26.8. The van der Waals surface area contributed by atoms with Crippen LogP contribution in [0.4, 0.5) is 29.7 Å². The minimum Gasteiger partial charge on any atom is -0.492 e. The van der Waals surface area contributed by atoms with E-state index in [9.17, 15) is 63.3 Å². The fraction of sp³-hybridized carbons (Fsp3) is 0.552. The number of aliphatic hydroxyl groups excluding tert-OH is 1. The van der Waals surface area contributed by atoms with Crippen LogP contribution in [0.3, 0.4) is 0 Å². The Morgan fingerprint density at radius 1 is 0.674 bits per heavy atom. The number of Topliss-reactive ketones (excluding diaryl/α,β-unsaturated/α-hetero) is 1. The molecule has 5 saturated carbocycles. The summed E-state index contributed by atoms with van der Waals surface area (Å²) in [6, 6.07) is 0.442. The highest BCUT2D eigenvalue weighted by molar-refractivity contribution is 6.02. The molecule has 2 amide bonds. The number of nitrogens with zero attached hydrogens (tertiary/aromatic N) is 6. The lowest BCUT2D eigenvalue weighted by Crippen LogP contribution is -2.61. The molecule has 6 aliphatic carbocycles. The van der Waals surface area contributed by atoms with Crippen LogP contribution in [0.1, 0.15) is 131 Å². The average molecular weight is 1320 g/mol. The van der Waals surface area contributed by atoms with Crippen molar-refractivity contribution in [3.05, 3.63) is 91.5 Å². The molecule has 26 nitrogen and oxygen atoms in total. The number of benzene rings is 2. The number of aliphatic hydroxyl groups is 2. The van der Waals surface area contributed by atoms with E-state index < -0.39 is 143 Å². The van der Waals surface area contributed by atoms with Crippen LogP contribution >= 0.6 is 0 Å². The van der Waals surface area contributed by atoms with Gasteiger partial charge in [0.15, 0.2) is 35.5 Å². The van der Waals surface area contributed by atoms with Gasteiger partial charge >= 0.3 is 36.1 Å². The van der Waals surface area contributed by atoms with E-state index in [4.69, 9.17) is 33.2 Å². The number of aromatic nitrogens is 2. The minimum atomic E-state index is -1.88. The van der Waals surface area contributed by atoms with Crippen molar-refractivity contribution < 1.29 is 95.6 Å². The highest BCUT2D eigenvalue weighted by atomic mass is 19.1. The molecule has 2 aromatic heterocycles. The number of fused-ring (bicyclic) bond motifs is 7. The first kappa shape index (κ1) is 66.1. The van der Waals surface area contributed by atoms with Crippen molar-refractivity contribution in [3.63, 3.8) is 0 Å². The van der Waals surface area contributed by atoms with Gasteiger partial charge in [0.05, 0.1) is 55.0 Å². The number of carbonyl (C=O) groups excluding carboxylic acids is 7. The van der Waals surface area contributed by atoms with Crippen LogP contribution in [0.2, 0.25) is 0 Å². The standard InChI is InChI=1S/C67H76F2N6O20/c1-34-27-71(19-21-72(34)63(86)94-32-92-51(80)14-13-50(79)91-31-49(78)67(88)18-16-45-40-12-7-36-23-39(76)15-17-65(36,3)52(40)48(77)26-66(45,67)4)56-47(69)25-42-54(60(56)90-6)75(38-10-11-38)30-44(58(42)82)62(85)93-33-95-64(87)73-22-20-70(28-35(73)2)55-46(68)24-41-53(59(55)89-5)74(37-8-9-37)29-43(57(41)81)61(83)84/h15,17,23-25,29-30,34-35,37-38,40,45,48,52,77,88H,7-14,16,18-22,26-28,31-33H2,1-6H3,(H,83,84)/t34?,35?,40?,45?,48-,52?,65-,66-,67-/m0/s1. The zero-order valence-electron chi connectivity index (χ0n) is 53.5. The maximum Gasteiger partial charge on any atom is 0.413 e. The zero-order chi connectivity index (χ0) is 67.9. The number of rotatable bonds is 18. The molecule has 0 bridgehead atoms. The number of carboxylic acid groups (broad SMARTS) is 1. The van der Waals surface area contributed by atoms with Gasteiger partial charge in [-0.15, -0.1) is 0 Å². The minimum absolute atomic E-state index is 0.000436. The Labute approximate surface area is 542 Å². The topological polar surface area (TPSA) is 319 Å². The van der Waals surface area contributed by atoms with E-state index in [-0.39, 0.29) is 132 Å². The lowest BCUT2D eigenvalue weighted by Gasteiger charge is -2.59. The number of hydrogen-bond acceptors (Lipinski definition) is 21. The maximum absolute atomic E-state index is 16.6. The van der Waals surface area contributed by atoms with Gasteiger partial charge in [-0.2, -0.15) is 0 Å². The summed E-state index contributed by atoms with van der Waals surface area (Å²) >= 11 is 0. The van der Waals surface area contributed by atoms with Crippen molar-refractivity contribution in [2.75, 3.05) is 83.5 Å². The number of hydrogen-bond donors (Lipinski definition) is 3. The third-order valence-electron chi connectivity index (χ3n) is 21.3. The lowest BCUT2D eigenvalue weighted by molar-refractivity contribution is -0.181. The average Bonchev–Trinajstić information content (AvgIpc) is 1.65. The monoisotopic (exact) mass is 1320 g/mol. The van der Waals surface area contributed by atoms with Crippen LogP contribution in [0, 0.1) is 40.2 Å². The number of carbonyl (C=O) groups is 8. The van der Waals surface area contributed by atoms with Gasteiger partial charge in [0.1, 0.15) is 28.1 Å². The molecule has 2 saturated heterocycles. The summed E-state index contributed by atoms with van der Waals surface area (Å²) in [5.41, 5.74) is -4.67. The molecular weight excluding hydrogens is 1250 g/mol. The number of methoxy groups -OCH3 is 2. The summed E-state index contributed by atoms with van der Waals surface area (Å²) in [5, 5.41) is 33.1. The van der Waals surface area contributed by atoms with Crippen LogP contribution in [-0.4, -0.2) is 179 Å². The maximum atomic E-state index is 16.6. The summed E-state index contributed by atoms with van der Waals surface area (Å²) in [7, 11) is 2.63. The molecule has 0 spiro atoms. The number of aromatic carboxylic acids is 1. The Bertz CT molecular complexity index is 4080. The summed E-state index contributed by atoms with van der Waals surface area (Å²) in [4.78, 5) is 137. The van der Waals surface area contributed by atoms with Crippen molar-refractivity contribution in [2.24, 2.45) is 28.6 Å². The molecule has 3 N–H and O–H groups in total. The quantitative estimate of drug-likeness (QED) is 0.0544. The zero-order valence-corrected chi connectivity index (χ0v) is 53.5. The summed E-state index contributed by atoms with van der Waals surface area (Å²) in [5.74, 6) is -7.20. The summed E-state index contributed by atoms with van der Waals surface area (Å²) in [6.07, 6.45) is 8.91. The van der Waals surface area contributed by atoms with Crippen molar-refractivity contribution in [1.29, 1.82) is 0 Å². The normalized spacial score (nSPS) is 27.1. The van der Waals surface area contributed by atoms with Crippen molar-refractivity contribution >= 4 is 80.8 Å². The van der Waals surface area contributed by atoms with Crippen molar-refractivity contribution in [1.82, 2.24) is 18.9 Å². The van der Waals surface area contributed by atoms with Crippen LogP contribution in [-0.2, 0) is 42.9 Å². The molecular formula is C67H76F2N6O20. The molecule has 9 atom stereocenters. The lowest BCUT2D eigenvalue weighted by atomic mass is 9.46. The van der Waals surface area contributed by atoms with Gasteiger partial charge in [0.2, 0.25) is 30.2 Å². The van der Waals surface area contributed by atoms with Crippen molar-refractivity contribution in [3.8, 4) is 11.5 Å². The molecule has 508 valence electrons. The first-order valence-electron chi connectivity index (χ1n) is 32.1. The number of allylic oxidation sites excluding steroid dienone is 4. The molecule has 4 heterocycles. The second-order valence-corrected chi connectivity index (χ2v) is 26.8. The molecule has 2 aliphatic heterocycles. The van der Waals surface area contributed by atoms with Crippen molar-refractivity contribution in [2.45, 2.75) is 134 Å². The van der Waals surface area contributed by atoms with Crippen LogP contribution in [0.15, 0.2) is 57.9 Å². The molecule has 12 rings (SSSR count). The van der Waals surface area contributed by atoms with E-state index in [1.165, 1.54) is 42.5 Å². The predicted octanol–water partition coefficient (Wildman–Crippen LogP) is 6.49. The van der Waals surface area contributed by atoms with E-state index in [1.54, 1.807) is 38.9 Å². The molecule has 28 heteroatoms. The fourth-order valence-electron chi connectivity index (χ4n) is 16.2. The Morgan fingerprint density at radius 2 is 1.19 bits per heavy atom. The van der Waals surface area contributed by atoms with E-state index in [0.29, 0.717) is 32.1 Å². The predicted molar refractivity (Wildman–Crippen MR) is 332 cm³/mol. The number of piperazine rings is 2. The molecule has 5 unspecified atom stereocenters. The SMILES string of the molecule is COc1c(N2CCN(C(=O)OCOC(=O)c3cn(C4CC4)c4c(OC)c(N5CCN(C(=O)OCOC(=O)CCC(=O)OCC(=O)[C@@]6(O)CCC7C8CCC9=CC(=O)C=C[C@]9(C)C8[C@@H](O)C[C@@]76C)C(C)C5)c(F)cc4c3=O)C(C)C2)c(F)cc2c(=O)c(C(=O)O)cn(C3CC3)c12. The molecule has 7 fully saturated rings. The third kappa shape index (κ3) is 11.7. The van der Waals surface area contributed by atoms with E-state index >= 15 is 8.78 Å². The smallest absolute Gasteiger partial charge is 0.413 e. The summed E-state index contributed by atoms with van der Waals surface area (Å²) in [6.45, 7) is 4.98. The number of ether oxygens (including phenoxy) is 7. The number of anilines is 2. The number of esters is 3. The largest absolute Gasteiger partial charge is 0.492 e. The highest BCUT2D eigenvalue weighted by Gasteiger charge is 2.68. The highest BCUT2D eigenvalue weighted by Crippen LogP contribution is 2.67. The van der Waals surface area contributed by atoms with Gasteiger partial charge in [0, 0.05) is 92.6 Å². The Balaban J connectivity index is 0.612. The fourth-order valence-corrected chi connectivity index (χ4v) is 16.2. The first-order valence-corrected chi connectivity index (χ1v) is 32.1. The third-order valence-corrected chi connectivity index (χ3v) is 21.3. The van der Waals surface area contributed by atoms with Gasteiger partial charge in [-0.1, -0.05) is 25.5 Å². The van der Waals surface area contributed by atoms with E-state index in [2.05, 4.69) is 0 Å². The van der Waals surface area contributed by atoms with Crippen LogP contribution < -0.4 is 30.1 Å². The Hall–Kier alpha value is -8.92. The van der Waals surface area contributed by atoms with Gasteiger partial charge in [-0.3, -0.25) is 28.8 Å². The van der Waals surface area contributed by atoms with Crippen LogP contribution in [0.25, 0.3) is 21.8 Å².